The maximum atomic E-state index is 4.08. The molecule has 2 nitrogen and oxygen atoms in total. The molecule has 0 aliphatic heterocycles. The van der Waals surface area contributed by atoms with Crippen molar-refractivity contribution in [3.8, 4) is 0 Å². The number of hydrogen-bond acceptors (Lipinski definition) is 2. The number of hydrogen-bond donors (Lipinski definition) is 1. The molecule has 0 aromatic rings. The molecule has 0 aromatic carbocycles. The summed E-state index contributed by atoms with van der Waals surface area (Å²) in [6.07, 6.45) is 27.2. The van der Waals surface area contributed by atoms with Gasteiger partial charge in [-0.05, 0) is 32.1 Å². The zero-order valence-electron chi connectivity index (χ0n) is 17.2. The molecule has 2 rings (SSSR count). The molecule has 0 aromatic heterocycles. The van der Waals surface area contributed by atoms with E-state index in [1.54, 1.807) is 0 Å². The Morgan fingerprint density at radius 2 is 1.08 bits per heavy atom. The number of unbranched alkanes of at least 4 members (excludes halogenated alkanes) is 1. The van der Waals surface area contributed by atoms with E-state index in [1.807, 2.05) is 0 Å². The summed E-state index contributed by atoms with van der Waals surface area (Å²) >= 11 is 0. The molecule has 1 N–H and O–H groups in total. The maximum Gasteiger partial charge on any atom is 0.0243 e. The van der Waals surface area contributed by atoms with Gasteiger partial charge in [-0.2, -0.15) is 0 Å². The van der Waals surface area contributed by atoms with E-state index < -0.39 is 0 Å². The van der Waals surface area contributed by atoms with Gasteiger partial charge in [0.05, 0.1) is 0 Å². The second-order valence-electron chi connectivity index (χ2n) is 8.78. The van der Waals surface area contributed by atoms with Crippen molar-refractivity contribution < 1.29 is 0 Å². The molecule has 0 spiro atoms. The van der Waals surface area contributed by atoms with Gasteiger partial charge in [-0.3, -0.25) is 5.43 Å². The lowest BCUT2D eigenvalue weighted by atomic mass is 9.97. The van der Waals surface area contributed by atoms with Gasteiger partial charge in [0.25, 0.3) is 0 Å². The van der Waals surface area contributed by atoms with Gasteiger partial charge in [-0.25, -0.2) is 5.01 Å². The van der Waals surface area contributed by atoms with Gasteiger partial charge < -0.3 is 0 Å². The van der Waals surface area contributed by atoms with Gasteiger partial charge in [-0.1, -0.05) is 96.8 Å². The minimum atomic E-state index is 0.739. The van der Waals surface area contributed by atoms with E-state index in [-0.39, 0.29) is 0 Å². The summed E-state index contributed by atoms with van der Waals surface area (Å²) in [5, 5.41) is 2.73. The molecule has 2 heteroatoms. The van der Waals surface area contributed by atoms with Gasteiger partial charge in [0, 0.05) is 18.6 Å². The standard InChI is InChI=1S/C23H46N2/c1-2-3-21-25(23-19-15-11-7-8-12-16-20-23)24-22-17-13-9-5-4-6-10-14-18-22/h22-24H,2-21H2,1H3. The first-order valence-electron chi connectivity index (χ1n) is 11.9. The Morgan fingerprint density at radius 3 is 1.56 bits per heavy atom. The van der Waals surface area contributed by atoms with Crippen LogP contribution in [0.4, 0.5) is 0 Å². The minimum Gasteiger partial charge on any atom is -0.252 e. The van der Waals surface area contributed by atoms with Crippen molar-refractivity contribution in [1.82, 2.24) is 10.4 Å². The Bertz CT molecular complexity index is 284. The molecule has 0 bridgehead atoms. The summed E-state index contributed by atoms with van der Waals surface area (Å²) in [6, 6.07) is 1.53. The Balaban J connectivity index is 1.90. The normalized spacial score (nSPS) is 23.8. The lowest BCUT2D eigenvalue weighted by molar-refractivity contribution is 0.0771. The molecule has 148 valence electrons. The summed E-state index contributed by atoms with van der Waals surface area (Å²) in [7, 11) is 0. The fourth-order valence-electron chi connectivity index (χ4n) is 4.78. The predicted octanol–water partition coefficient (Wildman–Crippen LogP) is 6.99. The quantitative estimate of drug-likeness (QED) is 0.519. The van der Waals surface area contributed by atoms with Crippen LogP contribution in [0.25, 0.3) is 0 Å². The Hall–Kier alpha value is -0.0800. The third-order valence-corrected chi connectivity index (χ3v) is 6.47. The van der Waals surface area contributed by atoms with E-state index in [0.717, 1.165) is 12.1 Å². The first-order valence-corrected chi connectivity index (χ1v) is 11.9. The number of nitrogens with one attached hydrogen (secondary N) is 1. The van der Waals surface area contributed by atoms with Crippen molar-refractivity contribution in [3.05, 3.63) is 0 Å². The fraction of sp³-hybridized carbons (Fsp3) is 1.00. The van der Waals surface area contributed by atoms with Crippen LogP contribution in [-0.4, -0.2) is 23.6 Å². The number of rotatable bonds is 6. The largest absolute Gasteiger partial charge is 0.252 e. The molecular weight excluding hydrogens is 304 g/mol. The lowest BCUT2D eigenvalue weighted by Crippen LogP contribution is -2.50. The van der Waals surface area contributed by atoms with Crippen LogP contribution in [0.3, 0.4) is 0 Å². The fourth-order valence-corrected chi connectivity index (χ4v) is 4.78. The third kappa shape index (κ3) is 9.43. The Kier molecular flexibility index (Phi) is 11.9. The monoisotopic (exact) mass is 350 g/mol. The van der Waals surface area contributed by atoms with Gasteiger partial charge in [0.1, 0.15) is 0 Å². The zero-order chi connectivity index (χ0) is 17.6. The average Bonchev–Trinajstić information content (AvgIpc) is 2.77. The molecule has 0 amide bonds. The van der Waals surface area contributed by atoms with Gasteiger partial charge in [-0.15, -0.1) is 0 Å². The molecule has 0 heterocycles. The summed E-state index contributed by atoms with van der Waals surface area (Å²) in [6.45, 7) is 3.60. The molecule has 0 saturated heterocycles. The van der Waals surface area contributed by atoms with Crippen LogP contribution in [0, 0.1) is 0 Å². The van der Waals surface area contributed by atoms with Crippen LogP contribution in [0.2, 0.25) is 0 Å². The van der Waals surface area contributed by atoms with Crippen LogP contribution >= 0.6 is 0 Å². The van der Waals surface area contributed by atoms with E-state index >= 15 is 0 Å². The van der Waals surface area contributed by atoms with E-state index in [0.29, 0.717) is 0 Å². The number of nitrogens with zero attached hydrogens (tertiary/aromatic N) is 1. The van der Waals surface area contributed by atoms with Crippen molar-refractivity contribution in [2.75, 3.05) is 6.54 Å². The maximum absolute atomic E-state index is 4.08. The van der Waals surface area contributed by atoms with Gasteiger partial charge in [0.15, 0.2) is 0 Å². The third-order valence-electron chi connectivity index (χ3n) is 6.47. The first-order chi connectivity index (χ1) is 12.4. The molecule has 25 heavy (non-hydrogen) atoms. The average molecular weight is 351 g/mol. The topological polar surface area (TPSA) is 15.3 Å². The van der Waals surface area contributed by atoms with Crippen LogP contribution in [-0.2, 0) is 0 Å². The van der Waals surface area contributed by atoms with E-state index in [9.17, 15) is 0 Å². The summed E-state index contributed by atoms with van der Waals surface area (Å²) in [4.78, 5) is 0. The first kappa shape index (κ1) is 21.2. The molecule has 2 saturated carbocycles. The molecule has 0 radical (unpaired) electrons. The molecular formula is C23H46N2. The zero-order valence-corrected chi connectivity index (χ0v) is 17.2. The highest BCUT2D eigenvalue weighted by Gasteiger charge is 2.21. The van der Waals surface area contributed by atoms with E-state index in [2.05, 4.69) is 17.4 Å². The molecule has 0 unspecified atom stereocenters. The minimum absolute atomic E-state index is 0.739. The van der Waals surface area contributed by atoms with Gasteiger partial charge in [0.2, 0.25) is 0 Å². The van der Waals surface area contributed by atoms with Crippen molar-refractivity contribution in [1.29, 1.82) is 0 Å². The van der Waals surface area contributed by atoms with Crippen molar-refractivity contribution in [2.24, 2.45) is 0 Å². The highest BCUT2D eigenvalue weighted by atomic mass is 15.5. The molecule has 2 aliphatic carbocycles. The van der Waals surface area contributed by atoms with Crippen molar-refractivity contribution in [3.63, 3.8) is 0 Å². The van der Waals surface area contributed by atoms with Crippen LogP contribution in [0.15, 0.2) is 0 Å². The molecule has 2 fully saturated rings. The van der Waals surface area contributed by atoms with Crippen LogP contribution < -0.4 is 5.43 Å². The van der Waals surface area contributed by atoms with E-state index in [1.165, 1.54) is 129 Å². The van der Waals surface area contributed by atoms with Crippen molar-refractivity contribution in [2.45, 2.75) is 141 Å². The second kappa shape index (κ2) is 14.0. The highest BCUT2D eigenvalue weighted by Crippen LogP contribution is 2.22. The van der Waals surface area contributed by atoms with Crippen LogP contribution in [0.5, 0.6) is 0 Å². The van der Waals surface area contributed by atoms with Crippen LogP contribution in [0.1, 0.15) is 129 Å². The van der Waals surface area contributed by atoms with Crippen molar-refractivity contribution >= 4 is 0 Å². The number of hydrazine groups is 1. The molecule has 0 atom stereocenters. The summed E-state index contributed by atoms with van der Waals surface area (Å²) in [5.74, 6) is 0. The van der Waals surface area contributed by atoms with Gasteiger partial charge >= 0.3 is 0 Å². The van der Waals surface area contributed by atoms with E-state index in [4.69, 9.17) is 0 Å². The lowest BCUT2D eigenvalue weighted by Gasteiger charge is -2.36. The molecule has 2 aliphatic rings. The summed E-state index contributed by atoms with van der Waals surface area (Å²) < 4.78 is 0. The smallest absolute Gasteiger partial charge is 0.0243 e. The SMILES string of the molecule is CCCCN(NC1CCCCCCCCC1)C1CCCCCCCC1. The summed E-state index contributed by atoms with van der Waals surface area (Å²) in [5.41, 5.74) is 4.08. The second-order valence-corrected chi connectivity index (χ2v) is 8.78. The Labute approximate surface area is 158 Å². The highest BCUT2D eigenvalue weighted by molar-refractivity contribution is 4.75. The Morgan fingerprint density at radius 1 is 0.640 bits per heavy atom. The predicted molar refractivity (Wildman–Crippen MR) is 111 cm³/mol.